The summed E-state index contributed by atoms with van der Waals surface area (Å²) >= 11 is 12.5. The zero-order valence-corrected chi connectivity index (χ0v) is 22.9. The quantitative estimate of drug-likeness (QED) is 0.409. The van der Waals surface area contributed by atoms with E-state index in [2.05, 4.69) is 5.32 Å². The molecule has 1 saturated heterocycles. The fourth-order valence-corrected chi connectivity index (χ4v) is 5.21. The maximum Gasteiger partial charge on any atom is 0.326 e. The zero-order chi connectivity index (χ0) is 26.6. The molecule has 1 fully saturated rings. The summed E-state index contributed by atoms with van der Waals surface area (Å²) in [7, 11) is 1.62. The highest BCUT2D eigenvalue weighted by atomic mass is 35.5. The number of amides is 2. The first kappa shape index (κ1) is 26.4. The number of hydrogen-bond donors (Lipinski definition) is 1. The van der Waals surface area contributed by atoms with Crippen molar-refractivity contribution < 1.29 is 14.3 Å². The number of halogens is 2. The molecule has 9 heteroatoms. The molecule has 2 amide bonds. The number of nitrogens with zero attached hydrogens (tertiary/aromatic N) is 3. The summed E-state index contributed by atoms with van der Waals surface area (Å²) in [5.74, 6) is 1.83. The molecule has 7 nitrogen and oxygen atoms in total. The number of carbonyl (C=O) groups excluding carboxylic acids is 1. The molecule has 5 rings (SSSR count). The molecule has 3 aromatic rings. The van der Waals surface area contributed by atoms with Crippen LogP contribution in [0.2, 0.25) is 10.0 Å². The molecule has 0 unspecified atom stereocenters. The van der Waals surface area contributed by atoms with Gasteiger partial charge in [0.2, 0.25) is 0 Å². The van der Waals surface area contributed by atoms with Crippen molar-refractivity contribution in [3.63, 3.8) is 0 Å². The first-order chi connectivity index (χ1) is 18.5. The van der Waals surface area contributed by atoms with Crippen LogP contribution in [0.3, 0.4) is 0 Å². The van der Waals surface area contributed by atoms with E-state index in [0.29, 0.717) is 52.6 Å². The van der Waals surface area contributed by atoms with Gasteiger partial charge in [0.15, 0.2) is 0 Å². The van der Waals surface area contributed by atoms with E-state index in [-0.39, 0.29) is 12.1 Å². The normalized spacial score (nSPS) is 19.3. The van der Waals surface area contributed by atoms with Gasteiger partial charge in [0.05, 0.1) is 25.3 Å². The van der Waals surface area contributed by atoms with Gasteiger partial charge in [-0.25, -0.2) is 4.79 Å². The molecule has 0 aliphatic carbocycles. The Morgan fingerprint density at radius 1 is 0.974 bits per heavy atom. The molecule has 0 radical (unpaired) electrons. The van der Waals surface area contributed by atoms with Gasteiger partial charge in [0, 0.05) is 36.2 Å². The maximum atomic E-state index is 14.3. The minimum Gasteiger partial charge on any atom is -0.497 e. The molecule has 0 aromatic heterocycles. The number of rotatable bonds is 6. The summed E-state index contributed by atoms with van der Waals surface area (Å²) < 4.78 is 11.5. The van der Waals surface area contributed by atoms with Crippen molar-refractivity contribution in [2.24, 2.45) is 4.99 Å². The van der Waals surface area contributed by atoms with Crippen LogP contribution in [0, 0.1) is 0 Å². The standard InChI is InChI=1S/C29H30Cl2N4O3/c1-3-38-25-13-12-23(37-2)18-24(25)28-33-26(19-4-8-21(30)9-5-19)27(20-6-10-22(31)11-7-20)35(28)29(36)34-16-14-32-15-17-34/h4-13,18,26-27,32H,3,14-17H2,1-2H3/t26-,27+/m1/s1. The Bertz CT molecular complexity index is 1310. The van der Waals surface area contributed by atoms with Crippen LogP contribution in [0.25, 0.3) is 0 Å². The Morgan fingerprint density at radius 2 is 1.61 bits per heavy atom. The number of methoxy groups -OCH3 is 1. The molecule has 1 N–H and O–H groups in total. The maximum absolute atomic E-state index is 14.3. The van der Waals surface area contributed by atoms with Gasteiger partial charge >= 0.3 is 6.03 Å². The smallest absolute Gasteiger partial charge is 0.326 e. The number of ether oxygens (including phenoxy) is 2. The second-order valence-electron chi connectivity index (χ2n) is 9.13. The Balaban J connectivity index is 1.71. The first-order valence-corrected chi connectivity index (χ1v) is 13.4. The van der Waals surface area contributed by atoms with Crippen molar-refractivity contribution in [3.05, 3.63) is 93.5 Å². The van der Waals surface area contributed by atoms with E-state index in [1.807, 2.05) is 83.5 Å². The third kappa shape index (κ3) is 5.32. The van der Waals surface area contributed by atoms with E-state index in [1.165, 1.54) is 0 Å². The summed E-state index contributed by atoms with van der Waals surface area (Å²) in [6.45, 7) is 5.10. The van der Waals surface area contributed by atoms with Crippen LogP contribution in [-0.4, -0.2) is 61.6 Å². The van der Waals surface area contributed by atoms with Crippen LogP contribution in [-0.2, 0) is 0 Å². The van der Waals surface area contributed by atoms with Gasteiger partial charge in [-0.2, -0.15) is 0 Å². The van der Waals surface area contributed by atoms with Gasteiger partial charge in [0.25, 0.3) is 0 Å². The number of piperazine rings is 1. The second kappa shape index (κ2) is 11.6. The lowest BCUT2D eigenvalue weighted by Crippen LogP contribution is -2.53. The lowest BCUT2D eigenvalue weighted by molar-refractivity contribution is 0.157. The molecular weight excluding hydrogens is 523 g/mol. The van der Waals surface area contributed by atoms with Crippen molar-refractivity contribution in [1.29, 1.82) is 0 Å². The number of nitrogens with one attached hydrogen (secondary N) is 1. The molecule has 0 saturated carbocycles. The molecule has 0 spiro atoms. The summed E-state index contributed by atoms with van der Waals surface area (Å²) in [4.78, 5) is 23.2. The second-order valence-corrected chi connectivity index (χ2v) is 10.0. The van der Waals surface area contributed by atoms with Crippen LogP contribution < -0.4 is 14.8 Å². The van der Waals surface area contributed by atoms with E-state index >= 15 is 0 Å². The van der Waals surface area contributed by atoms with Crippen molar-refractivity contribution in [2.45, 2.75) is 19.0 Å². The SMILES string of the molecule is CCOc1ccc(OC)cc1C1=N[C@H](c2ccc(Cl)cc2)[C@H](c2ccc(Cl)cc2)N1C(=O)N1CCNCC1. The van der Waals surface area contributed by atoms with Gasteiger partial charge in [0.1, 0.15) is 23.4 Å². The third-order valence-electron chi connectivity index (χ3n) is 6.81. The highest BCUT2D eigenvalue weighted by Crippen LogP contribution is 2.45. The number of urea groups is 1. The van der Waals surface area contributed by atoms with E-state index in [1.54, 1.807) is 7.11 Å². The highest BCUT2D eigenvalue weighted by Gasteiger charge is 2.44. The van der Waals surface area contributed by atoms with Crippen molar-refractivity contribution in [2.75, 3.05) is 39.9 Å². The average Bonchev–Trinajstić information content (AvgIpc) is 3.34. The molecule has 38 heavy (non-hydrogen) atoms. The number of hydrogen-bond acceptors (Lipinski definition) is 5. The van der Waals surface area contributed by atoms with Crippen molar-refractivity contribution in [3.8, 4) is 11.5 Å². The van der Waals surface area contributed by atoms with Gasteiger partial charge in [-0.3, -0.25) is 9.89 Å². The van der Waals surface area contributed by atoms with Gasteiger partial charge < -0.3 is 19.7 Å². The molecule has 2 aliphatic rings. The highest BCUT2D eigenvalue weighted by molar-refractivity contribution is 6.30. The Hall–Kier alpha value is -3.26. The minimum absolute atomic E-state index is 0.105. The van der Waals surface area contributed by atoms with Crippen LogP contribution in [0.15, 0.2) is 71.7 Å². The molecule has 2 aliphatic heterocycles. The van der Waals surface area contributed by atoms with Gasteiger partial charge in [-0.15, -0.1) is 0 Å². The molecule has 2 atom stereocenters. The summed E-state index contributed by atoms with van der Waals surface area (Å²) in [6.07, 6.45) is 0. The third-order valence-corrected chi connectivity index (χ3v) is 7.31. The van der Waals surface area contributed by atoms with Crippen LogP contribution in [0.4, 0.5) is 4.79 Å². The molecule has 198 valence electrons. The Kier molecular flexibility index (Phi) is 8.07. The lowest BCUT2D eigenvalue weighted by Gasteiger charge is -2.36. The van der Waals surface area contributed by atoms with E-state index in [4.69, 9.17) is 37.7 Å². The Morgan fingerprint density at radius 3 is 2.21 bits per heavy atom. The molecular formula is C29H30Cl2N4O3. The topological polar surface area (TPSA) is 66.4 Å². The predicted octanol–water partition coefficient (Wildman–Crippen LogP) is 5.97. The Labute approximate surface area is 233 Å². The van der Waals surface area contributed by atoms with Crippen LogP contribution in [0.5, 0.6) is 11.5 Å². The number of benzene rings is 3. The van der Waals surface area contributed by atoms with E-state index < -0.39 is 6.04 Å². The summed E-state index contributed by atoms with van der Waals surface area (Å²) in [5.41, 5.74) is 2.57. The van der Waals surface area contributed by atoms with Crippen LogP contribution >= 0.6 is 23.2 Å². The van der Waals surface area contributed by atoms with Gasteiger partial charge in [-0.05, 0) is 60.5 Å². The summed E-state index contributed by atoms with van der Waals surface area (Å²) in [6, 6.07) is 19.9. The van der Waals surface area contributed by atoms with E-state index in [9.17, 15) is 4.79 Å². The fraction of sp³-hybridized carbons (Fsp3) is 0.310. The lowest BCUT2D eigenvalue weighted by atomic mass is 9.93. The zero-order valence-electron chi connectivity index (χ0n) is 21.4. The van der Waals surface area contributed by atoms with Crippen molar-refractivity contribution >= 4 is 35.1 Å². The van der Waals surface area contributed by atoms with Crippen LogP contribution in [0.1, 0.15) is 35.7 Å². The minimum atomic E-state index is -0.411. The molecule has 2 heterocycles. The average molecular weight is 553 g/mol. The van der Waals surface area contributed by atoms with Crippen molar-refractivity contribution in [1.82, 2.24) is 15.1 Å². The molecule has 0 bridgehead atoms. The predicted molar refractivity (Wildman–Crippen MR) is 151 cm³/mol. The molecule has 3 aromatic carbocycles. The largest absolute Gasteiger partial charge is 0.497 e. The number of aliphatic imine (C=N–C) groups is 1. The van der Waals surface area contributed by atoms with Gasteiger partial charge in [-0.1, -0.05) is 47.5 Å². The monoisotopic (exact) mass is 552 g/mol. The summed E-state index contributed by atoms with van der Waals surface area (Å²) in [5, 5.41) is 4.59. The van der Waals surface area contributed by atoms with E-state index in [0.717, 1.165) is 24.2 Å². The fourth-order valence-electron chi connectivity index (χ4n) is 4.96. The number of carbonyl (C=O) groups is 1. The number of amidine groups is 1. The first-order valence-electron chi connectivity index (χ1n) is 12.7.